The van der Waals surface area contributed by atoms with Crippen molar-refractivity contribution in [2.45, 2.75) is 51.4 Å². The molecule has 0 aliphatic heterocycles. The van der Waals surface area contributed by atoms with Crippen molar-refractivity contribution >= 4 is 18.3 Å². The fourth-order valence-corrected chi connectivity index (χ4v) is 2.30. The van der Waals surface area contributed by atoms with Gasteiger partial charge in [0.15, 0.2) is 0 Å². The molecule has 0 spiro atoms. The van der Waals surface area contributed by atoms with Crippen LogP contribution in [0.4, 0.5) is 0 Å². The summed E-state index contributed by atoms with van der Waals surface area (Å²) in [5, 5.41) is 2.89. The van der Waals surface area contributed by atoms with Crippen LogP contribution in [0.5, 0.6) is 0 Å². The molecule has 1 rings (SSSR count). The van der Waals surface area contributed by atoms with Gasteiger partial charge in [-0.05, 0) is 12.3 Å². The lowest BCUT2D eigenvalue weighted by Crippen LogP contribution is -2.26. The van der Waals surface area contributed by atoms with Crippen LogP contribution in [0.1, 0.15) is 51.4 Å². The van der Waals surface area contributed by atoms with Crippen molar-refractivity contribution in [1.29, 1.82) is 0 Å². The highest BCUT2D eigenvalue weighted by Crippen LogP contribution is 2.28. The van der Waals surface area contributed by atoms with Gasteiger partial charge in [-0.15, -0.1) is 12.4 Å². The zero-order valence-electron chi connectivity index (χ0n) is 10.0. The Morgan fingerprint density at radius 3 is 2.56 bits per heavy atom. The number of nitrogens with two attached hydrogens (primary N) is 1. The topological polar surface area (TPSA) is 55.1 Å². The van der Waals surface area contributed by atoms with Gasteiger partial charge >= 0.3 is 0 Å². The largest absolute Gasteiger partial charge is 0.356 e. The minimum Gasteiger partial charge on any atom is -0.356 e. The molecule has 0 aromatic carbocycles. The van der Waals surface area contributed by atoms with Crippen LogP contribution < -0.4 is 11.1 Å². The standard InChI is InChI=1S/C12H24N2O.ClH/c13-9-8-12(15)14-10-4-3-7-11-5-1-2-6-11;/h11H,1-10,13H2,(H,14,15);1H. The van der Waals surface area contributed by atoms with Crippen LogP contribution in [0.3, 0.4) is 0 Å². The van der Waals surface area contributed by atoms with Gasteiger partial charge in [-0.25, -0.2) is 0 Å². The lowest BCUT2D eigenvalue weighted by atomic mass is 10.0. The molecule has 0 atom stereocenters. The second-order valence-corrected chi connectivity index (χ2v) is 4.53. The van der Waals surface area contributed by atoms with Crippen LogP contribution in [0, 0.1) is 5.92 Å². The number of hydrogen-bond acceptors (Lipinski definition) is 2. The molecule has 1 aliphatic carbocycles. The van der Waals surface area contributed by atoms with Gasteiger partial charge < -0.3 is 11.1 Å². The molecule has 1 saturated carbocycles. The van der Waals surface area contributed by atoms with Crippen molar-refractivity contribution in [3.8, 4) is 0 Å². The van der Waals surface area contributed by atoms with E-state index >= 15 is 0 Å². The Labute approximate surface area is 105 Å². The molecule has 16 heavy (non-hydrogen) atoms. The predicted octanol–water partition coefficient (Wildman–Crippen LogP) is 2.23. The Morgan fingerprint density at radius 1 is 1.25 bits per heavy atom. The van der Waals surface area contributed by atoms with Gasteiger partial charge in [-0.1, -0.05) is 38.5 Å². The Balaban J connectivity index is 0.00000225. The summed E-state index contributed by atoms with van der Waals surface area (Å²) in [4.78, 5) is 11.1. The number of amides is 1. The third-order valence-electron chi connectivity index (χ3n) is 3.21. The predicted molar refractivity (Wildman–Crippen MR) is 69.7 cm³/mol. The van der Waals surface area contributed by atoms with E-state index in [0.29, 0.717) is 13.0 Å². The van der Waals surface area contributed by atoms with Gasteiger partial charge in [0.2, 0.25) is 5.91 Å². The van der Waals surface area contributed by atoms with E-state index in [-0.39, 0.29) is 18.3 Å². The number of halogens is 1. The molecule has 0 aromatic heterocycles. The van der Waals surface area contributed by atoms with E-state index in [9.17, 15) is 4.79 Å². The van der Waals surface area contributed by atoms with E-state index in [2.05, 4.69) is 5.32 Å². The van der Waals surface area contributed by atoms with E-state index in [0.717, 1.165) is 18.9 Å². The van der Waals surface area contributed by atoms with Gasteiger partial charge in [0.1, 0.15) is 0 Å². The van der Waals surface area contributed by atoms with E-state index in [1.54, 1.807) is 0 Å². The molecule has 0 saturated heterocycles. The highest BCUT2D eigenvalue weighted by molar-refractivity contribution is 5.85. The smallest absolute Gasteiger partial charge is 0.221 e. The molecular weight excluding hydrogens is 224 g/mol. The van der Waals surface area contributed by atoms with Gasteiger partial charge in [0.05, 0.1) is 0 Å². The maximum atomic E-state index is 11.1. The van der Waals surface area contributed by atoms with Crippen molar-refractivity contribution in [1.82, 2.24) is 5.32 Å². The molecule has 0 unspecified atom stereocenters. The number of carbonyl (C=O) groups excluding carboxylic acids is 1. The van der Waals surface area contributed by atoms with Crippen molar-refractivity contribution in [3.63, 3.8) is 0 Å². The summed E-state index contributed by atoms with van der Waals surface area (Å²) >= 11 is 0. The zero-order valence-corrected chi connectivity index (χ0v) is 10.9. The quantitative estimate of drug-likeness (QED) is 0.679. The number of hydrogen-bond donors (Lipinski definition) is 2. The van der Waals surface area contributed by atoms with Crippen LogP contribution in [-0.2, 0) is 4.79 Å². The molecule has 0 bridgehead atoms. The summed E-state index contributed by atoms with van der Waals surface area (Å²) in [6, 6.07) is 0. The Bertz CT molecular complexity index is 182. The Kier molecular flexibility index (Phi) is 9.74. The first-order valence-electron chi connectivity index (χ1n) is 6.29. The summed E-state index contributed by atoms with van der Waals surface area (Å²) in [6.45, 7) is 1.28. The Morgan fingerprint density at radius 2 is 1.94 bits per heavy atom. The second-order valence-electron chi connectivity index (χ2n) is 4.53. The molecule has 3 N–H and O–H groups in total. The fraction of sp³-hybridized carbons (Fsp3) is 0.917. The summed E-state index contributed by atoms with van der Waals surface area (Å²) in [5.41, 5.74) is 5.28. The maximum Gasteiger partial charge on any atom is 0.221 e. The van der Waals surface area contributed by atoms with E-state index in [1.807, 2.05) is 0 Å². The van der Waals surface area contributed by atoms with Crippen LogP contribution in [0.2, 0.25) is 0 Å². The number of unbranched alkanes of at least 4 members (excludes halogenated alkanes) is 1. The highest BCUT2D eigenvalue weighted by atomic mass is 35.5. The highest BCUT2D eigenvalue weighted by Gasteiger charge is 2.13. The number of carbonyl (C=O) groups is 1. The third-order valence-corrected chi connectivity index (χ3v) is 3.21. The molecule has 3 nitrogen and oxygen atoms in total. The molecule has 0 aromatic rings. The first-order valence-corrected chi connectivity index (χ1v) is 6.29. The maximum absolute atomic E-state index is 11.1. The minimum atomic E-state index is 0. The van der Waals surface area contributed by atoms with E-state index in [4.69, 9.17) is 5.73 Å². The van der Waals surface area contributed by atoms with Crippen molar-refractivity contribution in [3.05, 3.63) is 0 Å². The van der Waals surface area contributed by atoms with Gasteiger partial charge in [0, 0.05) is 19.5 Å². The first kappa shape index (κ1) is 15.7. The van der Waals surface area contributed by atoms with Crippen molar-refractivity contribution in [2.24, 2.45) is 11.7 Å². The van der Waals surface area contributed by atoms with E-state index < -0.39 is 0 Å². The van der Waals surface area contributed by atoms with Crippen LogP contribution in [0.25, 0.3) is 0 Å². The summed E-state index contributed by atoms with van der Waals surface area (Å²) in [6.07, 6.45) is 9.91. The molecule has 1 aliphatic rings. The van der Waals surface area contributed by atoms with Gasteiger partial charge in [-0.3, -0.25) is 4.79 Å². The second kappa shape index (κ2) is 9.91. The molecule has 96 valence electrons. The van der Waals surface area contributed by atoms with Crippen molar-refractivity contribution < 1.29 is 4.79 Å². The molecular formula is C12H25ClN2O. The van der Waals surface area contributed by atoms with Gasteiger partial charge in [-0.2, -0.15) is 0 Å². The normalized spacial score (nSPS) is 15.8. The number of rotatable bonds is 7. The molecule has 1 fully saturated rings. The van der Waals surface area contributed by atoms with Crippen molar-refractivity contribution in [2.75, 3.05) is 13.1 Å². The summed E-state index contributed by atoms with van der Waals surface area (Å²) in [5.74, 6) is 1.07. The van der Waals surface area contributed by atoms with Crippen LogP contribution in [-0.4, -0.2) is 19.0 Å². The monoisotopic (exact) mass is 248 g/mol. The third kappa shape index (κ3) is 7.07. The summed E-state index contributed by atoms with van der Waals surface area (Å²) in [7, 11) is 0. The first-order chi connectivity index (χ1) is 7.33. The average molecular weight is 249 g/mol. The van der Waals surface area contributed by atoms with Crippen LogP contribution in [0.15, 0.2) is 0 Å². The fourth-order valence-electron chi connectivity index (χ4n) is 2.30. The SMILES string of the molecule is Cl.NCCC(=O)NCCCCC1CCCC1. The van der Waals surface area contributed by atoms with Gasteiger partial charge in [0.25, 0.3) is 0 Å². The summed E-state index contributed by atoms with van der Waals surface area (Å²) < 4.78 is 0. The average Bonchev–Trinajstić information content (AvgIpc) is 2.70. The molecule has 0 heterocycles. The lowest BCUT2D eigenvalue weighted by Gasteiger charge is -2.08. The Hall–Kier alpha value is -0.280. The molecule has 0 radical (unpaired) electrons. The van der Waals surface area contributed by atoms with E-state index in [1.165, 1.54) is 38.5 Å². The number of nitrogens with one attached hydrogen (secondary N) is 1. The minimum absolute atomic E-state index is 0. The molecule has 1 amide bonds. The zero-order chi connectivity index (χ0) is 10.9. The molecule has 4 heteroatoms. The lowest BCUT2D eigenvalue weighted by molar-refractivity contribution is -0.120. The van der Waals surface area contributed by atoms with Crippen LogP contribution >= 0.6 is 12.4 Å².